The van der Waals surface area contributed by atoms with E-state index in [4.69, 9.17) is 23.7 Å². The second-order valence-electron chi connectivity index (χ2n) is 7.92. The van der Waals surface area contributed by atoms with E-state index in [0.717, 1.165) is 26.8 Å². The largest absolute Gasteiger partial charge is 0.477 e. The smallest absolute Gasteiger partial charge is 0.373 e. The number of rotatable bonds is 10. The zero-order valence-corrected chi connectivity index (χ0v) is 20.3. The first kappa shape index (κ1) is 28.3. The van der Waals surface area contributed by atoms with Crippen molar-refractivity contribution >= 4 is 29.8 Å². The first-order chi connectivity index (χ1) is 17.0. The Hall–Kier alpha value is -3.93. The number of hydrogen-bond donors (Lipinski definition) is 2. The number of aliphatic hydroxyl groups excluding tert-OH is 1. The second kappa shape index (κ2) is 13.2. The molecule has 1 aromatic carbocycles. The molecule has 0 saturated carbocycles. The van der Waals surface area contributed by atoms with E-state index < -0.39 is 72.6 Å². The zero-order chi connectivity index (χ0) is 26.8. The van der Waals surface area contributed by atoms with Crippen LogP contribution in [0.5, 0.6) is 0 Å². The molecular formula is C24H29NO11. The van der Waals surface area contributed by atoms with Crippen molar-refractivity contribution in [3.05, 3.63) is 47.7 Å². The Bertz CT molecular complexity index is 991. The fraction of sp³-hybridized carbons (Fsp3) is 0.458. The van der Waals surface area contributed by atoms with Crippen molar-refractivity contribution in [2.75, 3.05) is 6.61 Å². The number of amides is 1. The van der Waals surface area contributed by atoms with Crippen LogP contribution in [0.1, 0.15) is 33.3 Å². The molecule has 2 rings (SSSR count). The molecule has 0 aromatic heterocycles. The number of esters is 4. The summed E-state index contributed by atoms with van der Waals surface area (Å²) < 4.78 is 26.5. The molecule has 0 saturated heterocycles. The van der Waals surface area contributed by atoms with Crippen LogP contribution in [0.15, 0.2) is 42.2 Å². The molecule has 0 unspecified atom stereocenters. The van der Waals surface area contributed by atoms with E-state index in [2.05, 4.69) is 5.32 Å². The summed E-state index contributed by atoms with van der Waals surface area (Å²) in [6, 6.07) is 7.56. The normalized spacial score (nSPS) is 20.5. The van der Waals surface area contributed by atoms with Gasteiger partial charge in [0.05, 0.1) is 6.04 Å². The minimum Gasteiger partial charge on any atom is -0.477 e. The number of carbonyl (C=O) groups excluding carboxylic acids is 5. The standard InChI is InChI=1S/C24H29NO11/c1-13(26)25-21-18(30)10-19(24(31)33-11-17-8-6-5-7-9-17)36-23(21)22(35-16(4)29)20(34-15(3)28)12-32-14(2)27/h5-10,18,20-23,30H,11-12H2,1-4H3,(H,25,26)/t18-,20-,21-,22-,23-/m1/s1. The van der Waals surface area contributed by atoms with Gasteiger partial charge in [-0.25, -0.2) is 4.79 Å². The predicted octanol–water partition coefficient (Wildman–Crippen LogP) is 0.305. The Balaban J connectivity index is 2.38. The summed E-state index contributed by atoms with van der Waals surface area (Å²) >= 11 is 0. The van der Waals surface area contributed by atoms with Crippen LogP contribution in [0.3, 0.4) is 0 Å². The van der Waals surface area contributed by atoms with E-state index >= 15 is 0 Å². The van der Waals surface area contributed by atoms with Crippen LogP contribution in [0.4, 0.5) is 0 Å². The number of ether oxygens (including phenoxy) is 5. The van der Waals surface area contributed by atoms with Gasteiger partial charge in [0.15, 0.2) is 18.3 Å². The Labute approximate surface area is 207 Å². The first-order valence-corrected chi connectivity index (χ1v) is 11.0. The molecular weight excluding hydrogens is 478 g/mol. The van der Waals surface area contributed by atoms with Gasteiger partial charge in [-0.2, -0.15) is 0 Å². The van der Waals surface area contributed by atoms with Gasteiger partial charge in [0, 0.05) is 27.7 Å². The van der Waals surface area contributed by atoms with Crippen molar-refractivity contribution in [1.29, 1.82) is 0 Å². The van der Waals surface area contributed by atoms with Crippen LogP contribution >= 0.6 is 0 Å². The van der Waals surface area contributed by atoms with Crippen LogP contribution < -0.4 is 5.32 Å². The van der Waals surface area contributed by atoms with Gasteiger partial charge in [0.1, 0.15) is 19.3 Å². The van der Waals surface area contributed by atoms with Gasteiger partial charge in [0.2, 0.25) is 11.7 Å². The van der Waals surface area contributed by atoms with Crippen LogP contribution in [0.25, 0.3) is 0 Å². The average Bonchev–Trinajstić information content (AvgIpc) is 2.80. The quantitative estimate of drug-likeness (QED) is 0.331. The minimum atomic E-state index is -1.51. The summed E-state index contributed by atoms with van der Waals surface area (Å²) in [5.74, 6) is -4.26. The molecule has 5 atom stereocenters. The van der Waals surface area contributed by atoms with Gasteiger partial charge in [-0.3, -0.25) is 19.2 Å². The maximum Gasteiger partial charge on any atom is 0.373 e. The van der Waals surface area contributed by atoms with Gasteiger partial charge < -0.3 is 34.1 Å². The van der Waals surface area contributed by atoms with E-state index in [0.29, 0.717) is 5.56 Å². The molecule has 0 aliphatic carbocycles. The Morgan fingerprint density at radius 3 is 2.14 bits per heavy atom. The third-order valence-corrected chi connectivity index (χ3v) is 4.85. The van der Waals surface area contributed by atoms with E-state index in [1.807, 2.05) is 0 Å². The van der Waals surface area contributed by atoms with Crippen LogP contribution in [0, 0.1) is 0 Å². The van der Waals surface area contributed by atoms with Gasteiger partial charge in [-0.05, 0) is 11.6 Å². The maximum atomic E-state index is 12.7. The van der Waals surface area contributed by atoms with Crippen molar-refractivity contribution in [2.45, 2.75) is 64.8 Å². The van der Waals surface area contributed by atoms with Crippen molar-refractivity contribution < 1.29 is 52.8 Å². The van der Waals surface area contributed by atoms with E-state index in [-0.39, 0.29) is 6.61 Å². The van der Waals surface area contributed by atoms with Gasteiger partial charge in [0.25, 0.3) is 0 Å². The number of benzene rings is 1. The zero-order valence-electron chi connectivity index (χ0n) is 20.3. The molecule has 0 bridgehead atoms. The van der Waals surface area contributed by atoms with Gasteiger partial charge in [-0.15, -0.1) is 0 Å². The molecule has 1 aliphatic heterocycles. The highest BCUT2D eigenvalue weighted by atomic mass is 16.6. The van der Waals surface area contributed by atoms with Crippen molar-refractivity contribution in [3.63, 3.8) is 0 Å². The number of hydrogen-bond acceptors (Lipinski definition) is 11. The first-order valence-electron chi connectivity index (χ1n) is 11.0. The highest BCUT2D eigenvalue weighted by Crippen LogP contribution is 2.27. The molecule has 1 heterocycles. The van der Waals surface area contributed by atoms with E-state index in [1.54, 1.807) is 30.3 Å². The van der Waals surface area contributed by atoms with Gasteiger partial charge in [-0.1, -0.05) is 30.3 Å². The number of aliphatic hydroxyl groups is 1. The molecule has 0 fully saturated rings. The van der Waals surface area contributed by atoms with Crippen LogP contribution in [-0.4, -0.2) is 72.0 Å². The molecule has 1 aliphatic rings. The summed E-state index contributed by atoms with van der Waals surface area (Å²) in [5.41, 5.74) is 0.699. The summed E-state index contributed by atoms with van der Waals surface area (Å²) in [6.45, 7) is 3.83. The number of carbonyl (C=O) groups is 5. The topological polar surface area (TPSA) is 164 Å². The molecule has 1 amide bonds. The van der Waals surface area contributed by atoms with Crippen molar-refractivity contribution in [2.24, 2.45) is 0 Å². The lowest BCUT2D eigenvalue weighted by atomic mass is 9.93. The Morgan fingerprint density at radius 2 is 1.58 bits per heavy atom. The fourth-order valence-electron chi connectivity index (χ4n) is 3.45. The maximum absolute atomic E-state index is 12.7. The highest BCUT2D eigenvalue weighted by Gasteiger charge is 2.47. The monoisotopic (exact) mass is 507 g/mol. The summed E-state index contributed by atoms with van der Waals surface area (Å²) in [7, 11) is 0. The molecule has 12 heteroatoms. The second-order valence-corrected chi connectivity index (χ2v) is 7.92. The summed E-state index contributed by atoms with van der Waals surface area (Å²) in [5, 5.41) is 13.2. The number of nitrogens with one attached hydrogen (secondary N) is 1. The van der Waals surface area contributed by atoms with Crippen LogP contribution in [0.2, 0.25) is 0 Å². The third-order valence-electron chi connectivity index (χ3n) is 4.85. The van der Waals surface area contributed by atoms with E-state index in [9.17, 15) is 29.1 Å². The molecule has 0 spiro atoms. The Morgan fingerprint density at radius 1 is 0.944 bits per heavy atom. The lowest BCUT2D eigenvalue weighted by molar-refractivity contribution is -0.190. The molecule has 36 heavy (non-hydrogen) atoms. The highest BCUT2D eigenvalue weighted by molar-refractivity contribution is 5.86. The predicted molar refractivity (Wildman–Crippen MR) is 121 cm³/mol. The fourth-order valence-corrected chi connectivity index (χ4v) is 3.45. The lowest BCUT2D eigenvalue weighted by Gasteiger charge is -2.40. The van der Waals surface area contributed by atoms with Gasteiger partial charge >= 0.3 is 23.9 Å². The molecule has 0 radical (unpaired) electrons. The SMILES string of the molecule is CC(=O)N[C@H]1[C@H]([C@H](OC(C)=O)[C@@H](COC(C)=O)OC(C)=O)OC(C(=O)OCc2ccccc2)=C[C@H]1O. The average molecular weight is 507 g/mol. The molecule has 2 N–H and O–H groups in total. The van der Waals surface area contributed by atoms with E-state index in [1.165, 1.54) is 6.92 Å². The lowest BCUT2D eigenvalue weighted by Crippen LogP contribution is -2.61. The summed E-state index contributed by atoms with van der Waals surface area (Å²) in [6.07, 6.45) is -4.80. The van der Waals surface area contributed by atoms with Crippen molar-refractivity contribution in [1.82, 2.24) is 5.32 Å². The molecule has 1 aromatic rings. The molecule has 196 valence electrons. The summed E-state index contributed by atoms with van der Waals surface area (Å²) in [4.78, 5) is 59.6. The minimum absolute atomic E-state index is 0.0911. The Kier molecular flexibility index (Phi) is 10.4. The third kappa shape index (κ3) is 8.69. The van der Waals surface area contributed by atoms with Crippen molar-refractivity contribution in [3.8, 4) is 0 Å². The molecule has 12 nitrogen and oxygen atoms in total. The van der Waals surface area contributed by atoms with Crippen LogP contribution in [-0.2, 0) is 54.3 Å².